The van der Waals surface area contributed by atoms with Crippen LogP contribution in [0.3, 0.4) is 0 Å². The Morgan fingerprint density at radius 1 is 0.414 bits per heavy atom. The van der Waals surface area contributed by atoms with Crippen LogP contribution in [-0.4, -0.2) is 50.3 Å². The van der Waals surface area contributed by atoms with Crippen LogP contribution in [0.4, 0.5) is 0 Å². The van der Waals surface area contributed by atoms with Crippen LogP contribution in [0.1, 0.15) is 69.2 Å². The van der Waals surface area contributed by atoms with Crippen LogP contribution in [-0.2, 0) is 39.0 Å². The summed E-state index contributed by atoms with van der Waals surface area (Å²) in [5.41, 5.74) is 0. The van der Waals surface area contributed by atoms with E-state index in [9.17, 15) is 0 Å². The third kappa shape index (κ3) is 14.0. The molecule has 0 saturated heterocycles. The van der Waals surface area contributed by atoms with Gasteiger partial charge < -0.3 is 0 Å². The molecular weight excluding hydrogens is 684 g/mol. The van der Waals surface area contributed by atoms with Gasteiger partial charge in [-0.05, 0) is 81.1 Å². The van der Waals surface area contributed by atoms with Crippen molar-refractivity contribution in [2.45, 2.75) is 69.2 Å². The first kappa shape index (κ1) is 42.1. The van der Waals surface area contributed by atoms with Crippen molar-refractivity contribution in [3.8, 4) is 0 Å². The Balaban J connectivity index is -0.0000000965. The zero-order valence-corrected chi connectivity index (χ0v) is 28.9. The topological polar surface area (TPSA) is 0 Å². The minimum absolute atomic E-state index is 0. The largest absolute Gasteiger partial charge is 0.129 e. The second kappa shape index (κ2) is 22.7. The fourth-order valence-corrected chi connectivity index (χ4v) is 2.81. The summed E-state index contributed by atoms with van der Waals surface area (Å²) in [4.78, 5) is 0. The SMILES string of the molecule is CPC.C[C]1[C](C)[C](C)[C](C)[C]1C.C[C]1[C](C)[C](C)[C](C)[C]1C.C[PH2+]C.[Rh].[Rh].[Te]. The first-order valence-corrected chi connectivity index (χ1v) is 14.0. The van der Waals surface area contributed by atoms with Crippen molar-refractivity contribution in [1.82, 2.24) is 0 Å². The molecule has 0 spiro atoms. The molecule has 0 N–H and O–H groups in total. The average Bonchev–Trinajstić information content (AvgIpc) is 2.87. The summed E-state index contributed by atoms with van der Waals surface area (Å²) in [5.74, 6) is 14.7. The van der Waals surface area contributed by atoms with E-state index < -0.39 is 0 Å². The molecule has 0 unspecified atom stereocenters. The Kier molecular flexibility index (Phi) is 32.9. The van der Waals surface area contributed by atoms with Crippen LogP contribution < -0.4 is 0 Å². The minimum Gasteiger partial charge on any atom is -0.129 e. The molecule has 174 valence electrons. The summed E-state index contributed by atoms with van der Waals surface area (Å²) >= 11 is 0. The van der Waals surface area contributed by atoms with Crippen molar-refractivity contribution < 1.29 is 39.0 Å². The van der Waals surface area contributed by atoms with E-state index in [1.165, 1.54) is 59.2 Å². The van der Waals surface area contributed by atoms with Gasteiger partial charge in [0.2, 0.25) is 0 Å². The average molecular weight is 729 g/mol. The van der Waals surface area contributed by atoms with E-state index in [4.69, 9.17) is 0 Å². The summed E-state index contributed by atoms with van der Waals surface area (Å²) < 4.78 is 0. The molecule has 0 heterocycles. The Morgan fingerprint density at radius 2 is 0.448 bits per heavy atom. The van der Waals surface area contributed by atoms with Crippen LogP contribution in [0.25, 0.3) is 0 Å². The molecule has 0 atom stereocenters. The molecule has 0 aromatic heterocycles. The Labute approximate surface area is 233 Å². The van der Waals surface area contributed by atoms with Gasteiger partial charge in [-0.2, -0.15) is 0 Å². The smallest absolute Gasteiger partial charge is 0.0441 e. The first-order chi connectivity index (χ1) is 11.9. The maximum atomic E-state index is 2.21. The van der Waals surface area contributed by atoms with Crippen LogP contribution in [0, 0.1) is 59.2 Å². The maximum Gasteiger partial charge on any atom is 0.0441 e. The predicted molar refractivity (Wildman–Crippen MR) is 137 cm³/mol. The van der Waals surface area contributed by atoms with Crippen molar-refractivity contribution in [3.05, 3.63) is 59.2 Å². The van der Waals surface area contributed by atoms with E-state index in [1.54, 1.807) is 0 Å². The molecule has 0 bridgehead atoms. The molecule has 0 amide bonds. The Morgan fingerprint density at radius 3 is 0.483 bits per heavy atom. The van der Waals surface area contributed by atoms with Crippen molar-refractivity contribution in [1.29, 1.82) is 0 Å². The molecule has 2 rings (SSSR count). The molecule has 14 radical (unpaired) electrons. The van der Waals surface area contributed by atoms with Crippen molar-refractivity contribution in [2.75, 3.05) is 26.7 Å². The molecule has 2 fully saturated rings. The number of hydrogen-bond donors (Lipinski definition) is 0. The fraction of sp³-hybridized carbons (Fsp3) is 0.583. The van der Waals surface area contributed by atoms with Crippen molar-refractivity contribution in [3.63, 3.8) is 0 Å². The van der Waals surface area contributed by atoms with E-state index in [-0.39, 0.29) is 62.6 Å². The third-order valence-electron chi connectivity index (χ3n) is 5.62. The summed E-state index contributed by atoms with van der Waals surface area (Å²) in [7, 11) is 1.83. The monoisotopic (exact) mass is 731 g/mol. The molecule has 5 heteroatoms. The van der Waals surface area contributed by atoms with E-state index in [0.717, 1.165) is 17.2 Å². The molecule has 0 aromatic rings. The molecule has 29 heavy (non-hydrogen) atoms. The van der Waals surface area contributed by atoms with Gasteiger partial charge in [0.15, 0.2) is 0 Å². The Bertz CT molecular complexity index is 225. The van der Waals surface area contributed by atoms with Gasteiger partial charge >= 0.3 is 0 Å². The maximum absolute atomic E-state index is 2.21. The van der Waals surface area contributed by atoms with Gasteiger partial charge in [-0.3, -0.25) is 0 Å². The fourth-order valence-electron chi connectivity index (χ4n) is 2.81. The van der Waals surface area contributed by atoms with Crippen molar-refractivity contribution in [2.24, 2.45) is 0 Å². The number of rotatable bonds is 0. The summed E-state index contributed by atoms with van der Waals surface area (Å²) in [5, 5.41) is 0. The summed E-state index contributed by atoms with van der Waals surface area (Å²) in [6.45, 7) is 30.7. The number of hydrogen-bond acceptors (Lipinski definition) is 0. The quantitative estimate of drug-likeness (QED) is 0.184. The molecule has 2 aliphatic rings. The Hall–Kier alpha value is 2.90. The zero-order chi connectivity index (χ0) is 21.2. The molecule has 0 nitrogen and oxygen atoms in total. The second-order valence-corrected chi connectivity index (χ2v) is 9.48. The predicted octanol–water partition coefficient (Wildman–Crippen LogP) is 7.14. The van der Waals surface area contributed by atoms with Gasteiger partial charge in [-0.1, -0.05) is 69.2 Å². The molecule has 0 aromatic carbocycles. The van der Waals surface area contributed by atoms with E-state index in [0.29, 0.717) is 0 Å². The van der Waals surface area contributed by atoms with Gasteiger partial charge in [0.05, 0.1) is 0 Å². The van der Waals surface area contributed by atoms with E-state index in [2.05, 4.69) is 95.9 Å². The van der Waals surface area contributed by atoms with Crippen molar-refractivity contribution >= 4 is 40.8 Å². The molecule has 2 saturated carbocycles. The molecule has 0 aliphatic heterocycles. The van der Waals surface area contributed by atoms with E-state index in [1.807, 2.05) is 0 Å². The molecular formula is C24H45P2Rh2Te+. The minimum atomic E-state index is 0. The van der Waals surface area contributed by atoms with Gasteiger partial charge in [-0.15, -0.1) is 8.58 Å². The third-order valence-corrected chi connectivity index (χ3v) is 5.62. The van der Waals surface area contributed by atoms with Gasteiger partial charge in [-0.25, -0.2) is 0 Å². The van der Waals surface area contributed by atoms with E-state index >= 15 is 0 Å². The summed E-state index contributed by atoms with van der Waals surface area (Å²) in [6.07, 6.45) is 0. The van der Waals surface area contributed by atoms with Crippen LogP contribution in [0.5, 0.6) is 0 Å². The van der Waals surface area contributed by atoms with Gasteiger partial charge in [0.1, 0.15) is 0 Å². The van der Waals surface area contributed by atoms with Gasteiger partial charge in [0.25, 0.3) is 0 Å². The first-order valence-electron chi connectivity index (χ1n) is 9.65. The normalized spacial score (nSPS) is 20.9. The van der Waals surface area contributed by atoms with Crippen LogP contribution in [0.15, 0.2) is 0 Å². The molecule has 2 aliphatic carbocycles. The second-order valence-electron chi connectivity index (χ2n) is 7.33. The standard InChI is InChI=1S/2C10H15.2C2H7P.2Rh.Te/c2*1-6-7(2)9(4)10(5)8(6)3;2*1-3-2;;;/h2*1-5H3;2*3H,1-2H3;;;/p+1. The van der Waals surface area contributed by atoms with Crippen LogP contribution in [0.2, 0.25) is 0 Å². The zero-order valence-electron chi connectivity index (χ0n) is 21.2. The van der Waals surface area contributed by atoms with Crippen LogP contribution >= 0.6 is 17.2 Å². The summed E-state index contributed by atoms with van der Waals surface area (Å²) in [6, 6.07) is 0. The van der Waals surface area contributed by atoms with Gasteiger partial charge in [0, 0.05) is 76.0 Å².